The molecule has 1 N–H and O–H groups in total. The Labute approximate surface area is 178 Å². The number of carbonyl (C=O) groups excluding carboxylic acids is 1. The van der Waals surface area contributed by atoms with Gasteiger partial charge in [0.15, 0.2) is 0 Å². The number of hydrogen-bond donors (Lipinski definition) is 1. The first-order valence-electron chi connectivity index (χ1n) is 9.89. The van der Waals surface area contributed by atoms with Crippen LogP contribution in [0.5, 0.6) is 0 Å². The van der Waals surface area contributed by atoms with E-state index in [2.05, 4.69) is 36.5 Å². The van der Waals surface area contributed by atoms with E-state index in [1.807, 2.05) is 38.8 Å². The number of likely N-dealkylation sites (tertiary alicyclic amines) is 1. The molecule has 4 aromatic heterocycles. The Morgan fingerprint density at radius 3 is 2.65 bits per heavy atom. The molecular formula is C22H21N7O2. The topological polar surface area (TPSA) is 98.1 Å². The van der Waals surface area contributed by atoms with Crippen LogP contribution >= 0.6 is 0 Å². The Balaban J connectivity index is 1.35. The second-order valence-electron chi connectivity index (χ2n) is 7.64. The van der Waals surface area contributed by atoms with Crippen molar-refractivity contribution in [2.24, 2.45) is 7.05 Å². The van der Waals surface area contributed by atoms with E-state index in [9.17, 15) is 4.79 Å². The third-order valence-electron chi connectivity index (χ3n) is 5.47. The molecule has 0 aromatic carbocycles. The predicted molar refractivity (Wildman–Crippen MR) is 114 cm³/mol. The minimum atomic E-state index is -0.297. The number of aromatic nitrogens is 5. The van der Waals surface area contributed by atoms with Gasteiger partial charge in [0.25, 0.3) is 5.91 Å². The summed E-state index contributed by atoms with van der Waals surface area (Å²) >= 11 is 0. The van der Waals surface area contributed by atoms with Gasteiger partial charge >= 0.3 is 0 Å². The fraction of sp³-hybridized carbons (Fsp3) is 0.227. The highest BCUT2D eigenvalue weighted by Crippen LogP contribution is 2.34. The number of fused-ring (bicyclic) bond motifs is 1. The molecule has 1 aliphatic heterocycles. The molecule has 156 valence electrons. The molecular weight excluding hydrogens is 394 g/mol. The van der Waals surface area contributed by atoms with Crippen molar-refractivity contribution in [3.63, 3.8) is 0 Å². The average Bonchev–Trinajstić information content (AvgIpc) is 3.22. The smallest absolute Gasteiger partial charge is 0.274 e. The summed E-state index contributed by atoms with van der Waals surface area (Å²) in [5.41, 5.74) is 5.75. The number of hydroxylamine groups is 1. The van der Waals surface area contributed by atoms with Crippen molar-refractivity contribution in [2.75, 3.05) is 13.6 Å². The largest absolute Gasteiger partial charge is 0.293 e. The molecule has 0 aliphatic carbocycles. The third kappa shape index (κ3) is 3.76. The van der Waals surface area contributed by atoms with Crippen molar-refractivity contribution in [3.8, 4) is 11.3 Å². The lowest BCUT2D eigenvalue weighted by Gasteiger charge is -2.44. The molecule has 2 unspecified atom stereocenters. The monoisotopic (exact) mass is 415 g/mol. The quantitative estimate of drug-likeness (QED) is 0.499. The molecule has 1 amide bonds. The van der Waals surface area contributed by atoms with Crippen molar-refractivity contribution >= 4 is 16.7 Å². The zero-order valence-corrected chi connectivity index (χ0v) is 17.1. The van der Waals surface area contributed by atoms with E-state index in [1.165, 1.54) is 0 Å². The number of amides is 1. The van der Waals surface area contributed by atoms with Crippen LogP contribution in [0.3, 0.4) is 0 Å². The molecule has 5 rings (SSSR count). The maximum absolute atomic E-state index is 12.3. The van der Waals surface area contributed by atoms with Crippen LogP contribution in [0.4, 0.5) is 0 Å². The molecule has 1 fully saturated rings. The number of likely N-dealkylation sites (N-methyl/N-ethyl adjacent to an activating group) is 1. The molecule has 31 heavy (non-hydrogen) atoms. The van der Waals surface area contributed by atoms with Gasteiger partial charge in [0.2, 0.25) is 0 Å². The van der Waals surface area contributed by atoms with Crippen LogP contribution in [-0.2, 0) is 11.9 Å². The molecule has 5 heterocycles. The number of nitrogens with one attached hydrogen (secondary N) is 1. The summed E-state index contributed by atoms with van der Waals surface area (Å²) in [5.74, 6) is -0.297. The molecule has 0 spiro atoms. The Morgan fingerprint density at radius 2 is 1.90 bits per heavy atom. The van der Waals surface area contributed by atoms with Crippen LogP contribution < -0.4 is 5.48 Å². The van der Waals surface area contributed by atoms with Crippen molar-refractivity contribution in [2.45, 2.75) is 12.1 Å². The van der Waals surface area contributed by atoms with Crippen LogP contribution in [0, 0.1) is 0 Å². The van der Waals surface area contributed by atoms with E-state index in [0.717, 1.165) is 27.7 Å². The van der Waals surface area contributed by atoms with Gasteiger partial charge in [-0.2, -0.15) is 5.10 Å². The minimum Gasteiger partial charge on any atom is -0.293 e. The van der Waals surface area contributed by atoms with Crippen molar-refractivity contribution in [3.05, 3.63) is 72.7 Å². The molecule has 1 saturated heterocycles. The van der Waals surface area contributed by atoms with E-state index < -0.39 is 0 Å². The number of aryl methyl sites for hydroxylation is 1. The molecule has 1 aliphatic rings. The normalized spacial score (nSPS) is 18.6. The van der Waals surface area contributed by atoms with Crippen molar-refractivity contribution in [1.29, 1.82) is 0 Å². The van der Waals surface area contributed by atoms with Gasteiger partial charge in [-0.15, -0.1) is 0 Å². The fourth-order valence-electron chi connectivity index (χ4n) is 3.78. The Morgan fingerprint density at radius 1 is 1.10 bits per heavy atom. The van der Waals surface area contributed by atoms with E-state index in [-0.39, 0.29) is 18.1 Å². The van der Waals surface area contributed by atoms with Gasteiger partial charge in [-0.3, -0.25) is 34.2 Å². The van der Waals surface area contributed by atoms with Crippen LogP contribution in [0.15, 0.2) is 61.4 Å². The average molecular weight is 415 g/mol. The number of carbonyl (C=O) groups is 1. The van der Waals surface area contributed by atoms with Gasteiger partial charge in [0.1, 0.15) is 6.10 Å². The predicted octanol–water partition coefficient (Wildman–Crippen LogP) is 2.14. The lowest BCUT2D eigenvalue weighted by Crippen LogP contribution is -2.55. The van der Waals surface area contributed by atoms with Crippen LogP contribution in [0.1, 0.15) is 22.1 Å². The third-order valence-corrected chi connectivity index (χ3v) is 5.47. The maximum Gasteiger partial charge on any atom is 0.274 e. The van der Waals surface area contributed by atoms with Gasteiger partial charge in [-0.25, -0.2) is 5.48 Å². The molecule has 9 nitrogen and oxygen atoms in total. The molecule has 9 heteroatoms. The number of rotatable bonds is 5. The number of pyridine rings is 3. The van der Waals surface area contributed by atoms with E-state index >= 15 is 0 Å². The second-order valence-corrected chi connectivity index (χ2v) is 7.64. The van der Waals surface area contributed by atoms with E-state index in [1.54, 1.807) is 35.4 Å². The van der Waals surface area contributed by atoms with E-state index in [0.29, 0.717) is 12.1 Å². The van der Waals surface area contributed by atoms with Gasteiger partial charge in [0.05, 0.1) is 23.6 Å². The van der Waals surface area contributed by atoms with Crippen LogP contribution in [0.25, 0.3) is 22.0 Å². The molecule has 0 bridgehead atoms. The van der Waals surface area contributed by atoms with Gasteiger partial charge in [-0.1, -0.05) is 0 Å². The van der Waals surface area contributed by atoms with Gasteiger partial charge in [0, 0.05) is 61.1 Å². The standard InChI is InChI=1S/C22H21N7O2/c1-28-13-20(31-27-22(30)14-3-5-23-6-4-14)21(28)19-8-15-7-18(17-11-26-29(2)12-17)24-9-16(15)10-25-19/h3-12,20-21H,13H2,1-2H3,(H,27,30). The second kappa shape index (κ2) is 7.86. The summed E-state index contributed by atoms with van der Waals surface area (Å²) in [6.45, 7) is 0.693. The summed E-state index contributed by atoms with van der Waals surface area (Å²) in [6.07, 6.45) is 10.3. The van der Waals surface area contributed by atoms with Gasteiger partial charge < -0.3 is 0 Å². The first kappa shape index (κ1) is 19.3. The Hall–Kier alpha value is -3.69. The SMILES string of the molecule is CN1CC(ONC(=O)c2ccncc2)C1c1cc2cc(-c3cnn(C)c3)ncc2cn1. The highest BCUT2D eigenvalue weighted by atomic mass is 16.7. The van der Waals surface area contributed by atoms with Crippen LogP contribution in [-0.4, -0.2) is 55.2 Å². The number of nitrogens with zero attached hydrogens (tertiary/aromatic N) is 6. The fourth-order valence-corrected chi connectivity index (χ4v) is 3.78. The number of hydrogen-bond acceptors (Lipinski definition) is 7. The van der Waals surface area contributed by atoms with Crippen molar-refractivity contribution in [1.82, 2.24) is 35.1 Å². The van der Waals surface area contributed by atoms with Crippen LogP contribution in [0.2, 0.25) is 0 Å². The first-order chi connectivity index (χ1) is 15.1. The summed E-state index contributed by atoms with van der Waals surface area (Å²) < 4.78 is 1.75. The minimum absolute atomic E-state index is 0.0582. The summed E-state index contributed by atoms with van der Waals surface area (Å²) in [5, 5.41) is 6.22. The summed E-state index contributed by atoms with van der Waals surface area (Å²) in [6, 6.07) is 7.32. The molecule has 0 saturated carbocycles. The molecule has 2 atom stereocenters. The van der Waals surface area contributed by atoms with Gasteiger partial charge in [-0.05, 0) is 36.7 Å². The molecule has 0 radical (unpaired) electrons. The summed E-state index contributed by atoms with van der Waals surface area (Å²) in [4.78, 5) is 33.2. The highest BCUT2D eigenvalue weighted by Gasteiger charge is 2.40. The van der Waals surface area contributed by atoms with E-state index in [4.69, 9.17) is 4.84 Å². The maximum atomic E-state index is 12.3. The lowest BCUT2D eigenvalue weighted by molar-refractivity contribution is -0.126. The lowest BCUT2D eigenvalue weighted by atomic mass is 9.95. The van der Waals surface area contributed by atoms with Crippen molar-refractivity contribution < 1.29 is 9.63 Å². The zero-order chi connectivity index (χ0) is 21.4. The molecule has 4 aromatic rings. The zero-order valence-electron chi connectivity index (χ0n) is 17.1. The Kier molecular flexibility index (Phi) is 4.89. The highest BCUT2D eigenvalue weighted by molar-refractivity contribution is 5.93. The Bertz CT molecular complexity index is 1240. The first-order valence-corrected chi connectivity index (χ1v) is 9.89. The summed E-state index contributed by atoms with van der Waals surface area (Å²) in [7, 11) is 3.89.